The summed E-state index contributed by atoms with van der Waals surface area (Å²) in [5.74, 6) is 0.905. The lowest BCUT2D eigenvalue weighted by Crippen LogP contribution is -2.43. The molecule has 1 aromatic heterocycles. The van der Waals surface area contributed by atoms with E-state index in [0.717, 1.165) is 64.7 Å². The Bertz CT molecular complexity index is 557. The van der Waals surface area contributed by atoms with Crippen LogP contribution in [0, 0.1) is 0 Å². The van der Waals surface area contributed by atoms with Gasteiger partial charge in [0.15, 0.2) is 5.96 Å². The highest BCUT2D eigenvalue weighted by molar-refractivity contribution is 14.0. The first-order valence-corrected chi connectivity index (χ1v) is 10.0. The summed E-state index contributed by atoms with van der Waals surface area (Å²) in [5.41, 5.74) is 1.43. The molecule has 1 unspecified atom stereocenters. The summed E-state index contributed by atoms with van der Waals surface area (Å²) in [5, 5.41) is 9.03. The molecule has 7 heteroatoms. The summed E-state index contributed by atoms with van der Waals surface area (Å²) < 4.78 is 5.82. The predicted molar refractivity (Wildman–Crippen MR) is 116 cm³/mol. The molecule has 3 heterocycles. The van der Waals surface area contributed by atoms with E-state index < -0.39 is 0 Å². The Hall–Kier alpha value is -0.380. The first-order chi connectivity index (χ1) is 11.7. The Morgan fingerprint density at radius 1 is 1.44 bits per heavy atom. The Labute approximate surface area is 172 Å². The Morgan fingerprint density at radius 3 is 3.08 bits per heavy atom. The first-order valence-electron chi connectivity index (χ1n) is 9.12. The zero-order valence-electron chi connectivity index (χ0n) is 15.3. The lowest BCUT2D eigenvalue weighted by molar-refractivity contribution is 0.0283. The lowest BCUT2D eigenvalue weighted by Gasteiger charge is -2.27. The average molecular weight is 478 g/mol. The van der Waals surface area contributed by atoms with Crippen molar-refractivity contribution in [2.45, 2.75) is 45.3 Å². The average Bonchev–Trinajstić information content (AvgIpc) is 3.21. The highest BCUT2D eigenvalue weighted by Crippen LogP contribution is 2.25. The third kappa shape index (κ3) is 6.08. The van der Waals surface area contributed by atoms with Crippen molar-refractivity contribution >= 4 is 41.3 Å². The van der Waals surface area contributed by atoms with Crippen LogP contribution < -0.4 is 10.6 Å². The van der Waals surface area contributed by atoms with Crippen LogP contribution in [0.4, 0.5) is 0 Å². The molecular weight excluding hydrogens is 447 g/mol. The van der Waals surface area contributed by atoms with Crippen molar-refractivity contribution in [1.29, 1.82) is 0 Å². The zero-order valence-corrected chi connectivity index (χ0v) is 18.5. The minimum atomic E-state index is -0.0788. The van der Waals surface area contributed by atoms with Gasteiger partial charge in [-0.15, -0.1) is 35.3 Å². The van der Waals surface area contributed by atoms with Crippen molar-refractivity contribution in [3.63, 3.8) is 0 Å². The van der Waals surface area contributed by atoms with Gasteiger partial charge in [0.2, 0.25) is 0 Å². The maximum Gasteiger partial charge on any atom is 0.191 e. The summed E-state index contributed by atoms with van der Waals surface area (Å²) >= 11 is 1.90. The number of nitrogens with zero attached hydrogens (tertiary/aromatic N) is 2. The molecule has 0 aliphatic carbocycles. The number of nitrogens with one attached hydrogen (secondary N) is 2. The summed E-state index contributed by atoms with van der Waals surface area (Å²) in [6.07, 6.45) is 3.44. The fourth-order valence-electron chi connectivity index (χ4n) is 3.38. The summed E-state index contributed by atoms with van der Waals surface area (Å²) in [6.45, 7) is 11.0. The summed E-state index contributed by atoms with van der Waals surface area (Å²) in [4.78, 5) is 8.82. The molecule has 142 valence electrons. The summed E-state index contributed by atoms with van der Waals surface area (Å²) in [6, 6.07) is 2.27. The first kappa shape index (κ1) is 20.9. The van der Waals surface area contributed by atoms with E-state index in [1.54, 1.807) is 4.88 Å². The highest BCUT2D eigenvalue weighted by atomic mass is 127. The highest BCUT2D eigenvalue weighted by Gasteiger charge is 2.29. The molecule has 1 saturated heterocycles. The van der Waals surface area contributed by atoms with Gasteiger partial charge < -0.3 is 15.4 Å². The van der Waals surface area contributed by atoms with Crippen LogP contribution in [0.1, 0.15) is 37.1 Å². The van der Waals surface area contributed by atoms with Crippen molar-refractivity contribution in [1.82, 2.24) is 15.5 Å². The number of thiophene rings is 1. The molecule has 0 amide bonds. The molecule has 0 saturated carbocycles. The van der Waals surface area contributed by atoms with E-state index in [1.165, 1.54) is 12.0 Å². The van der Waals surface area contributed by atoms with Gasteiger partial charge in [-0.2, -0.15) is 0 Å². The molecule has 0 aromatic carbocycles. The molecule has 5 nitrogen and oxygen atoms in total. The molecule has 25 heavy (non-hydrogen) atoms. The van der Waals surface area contributed by atoms with Crippen molar-refractivity contribution in [3.8, 4) is 0 Å². The molecule has 2 aliphatic heterocycles. The van der Waals surface area contributed by atoms with E-state index in [9.17, 15) is 0 Å². The van der Waals surface area contributed by atoms with E-state index in [1.807, 2.05) is 11.3 Å². The van der Waals surface area contributed by atoms with Crippen molar-refractivity contribution in [3.05, 3.63) is 21.9 Å². The summed E-state index contributed by atoms with van der Waals surface area (Å²) in [7, 11) is 0. The Kier molecular flexibility index (Phi) is 8.44. The predicted octanol–water partition coefficient (Wildman–Crippen LogP) is 2.85. The SMILES string of the molecule is CCNC(=NCC1(C)CCCO1)NCCN1CCc2sccc2C1.I. The van der Waals surface area contributed by atoms with E-state index in [-0.39, 0.29) is 29.6 Å². The van der Waals surface area contributed by atoms with Crippen LogP contribution >= 0.6 is 35.3 Å². The third-order valence-electron chi connectivity index (χ3n) is 4.82. The molecule has 1 atom stereocenters. The topological polar surface area (TPSA) is 48.9 Å². The van der Waals surface area contributed by atoms with Gasteiger partial charge in [0.25, 0.3) is 0 Å². The largest absolute Gasteiger partial charge is 0.373 e. The molecule has 0 bridgehead atoms. The van der Waals surface area contributed by atoms with Crippen LogP contribution in [0.3, 0.4) is 0 Å². The number of rotatable bonds is 6. The number of fused-ring (bicyclic) bond motifs is 1. The van der Waals surface area contributed by atoms with Gasteiger partial charge in [0.1, 0.15) is 0 Å². The van der Waals surface area contributed by atoms with Crippen LogP contribution in [0.2, 0.25) is 0 Å². The van der Waals surface area contributed by atoms with Gasteiger partial charge in [0.05, 0.1) is 12.1 Å². The van der Waals surface area contributed by atoms with Crippen LogP contribution in [-0.4, -0.2) is 55.8 Å². The van der Waals surface area contributed by atoms with Crippen LogP contribution in [0.5, 0.6) is 0 Å². The van der Waals surface area contributed by atoms with Gasteiger partial charge in [-0.3, -0.25) is 9.89 Å². The van der Waals surface area contributed by atoms with E-state index in [0.29, 0.717) is 0 Å². The molecule has 0 spiro atoms. The van der Waals surface area contributed by atoms with E-state index >= 15 is 0 Å². The molecule has 3 rings (SSSR count). The lowest BCUT2D eigenvalue weighted by atomic mass is 10.0. The van der Waals surface area contributed by atoms with Gasteiger partial charge in [-0.05, 0) is 50.1 Å². The van der Waals surface area contributed by atoms with Crippen LogP contribution in [-0.2, 0) is 17.7 Å². The molecule has 1 aromatic rings. The fourth-order valence-corrected chi connectivity index (χ4v) is 4.27. The smallest absolute Gasteiger partial charge is 0.191 e. The van der Waals surface area contributed by atoms with Crippen molar-refractivity contribution in [2.75, 3.05) is 39.3 Å². The van der Waals surface area contributed by atoms with Gasteiger partial charge in [-0.1, -0.05) is 0 Å². The van der Waals surface area contributed by atoms with Gasteiger partial charge in [0, 0.05) is 44.2 Å². The number of hydrogen-bond acceptors (Lipinski definition) is 4. The quantitative estimate of drug-likeness (QED) is 0.375. The standard InChI is InChI=1S/C18H30N4OS.HI/c1-3-19-17(21-14-18(2)7-4-11-23-18)20-8-10-22-9-5-16-15(13-22)6-12-24-16;/h6,12H,3-5,7-11,13-14H2,1-2H3,(H2,19,20,21);1H. The number of ether oxygens (including phenoxy) is 1. The number of guanidine groups is 1. The Balaban J connectivity index is 0.00000225. The van der Waals surface area contributed by atoms with Crippen molar-refractivity contribution < 1.29 is 4.74 Å². The molecule has 2 N–H and O–H groups in total. The van der Waals surface area contributed by atoms with Crippen LogP contribution in [0.15, 0.2) is 16.4 Å². The molecule has 0 radical (unpaired) electrons. The van der Waals surface area contributed by atoms with Crippen LogP contribution in [0.25, 0.3) is 0 Å². The number of aliphatic imine (C=N–C) groups is 1. The fraction of sp³-hybridized carbons (Fsp3) is 0.722. The minimum Gasteiger partial charge on any atom is -0.373 e. The van der Waals surface area contributed by atoms with Gasteiger partial charge in [-0.25, -0.2) is 0 Å². The third-order valence-corrected chi connectivity index (χ3v) is 5.85. The molecule has 1 fully saturated rings. The molecule has 2 aliphatic rings. The second-order valence-corrected chi connectivity index (χ2v) is 7.92. The number of hydrogen-bond donors (Lipinski definition) is 2. The molecular formula is C18H31IN4OS. The second-order valence-electron chi connectivity index (χ2n) is 6.92. The van der Waals surface area contributed by atoms with Gasteiger partial charge >= 0.3 is 0 Å². The van der Waals surface area contributed by atoms with E-state index in [4.69, 9.17) is 9.73 Å². The maximum absolute atomic E-state index is 5.82. The second kappa shape index (κ2) is 10.1. The van der Waals surface area contributed by atoms with Crippen molar-refractivity contribution in [2.24, 2.45) is 4.99 Å². The van der Waals surface area contributed by atoms with E-state index in [2.05, 4.69) is 40.8 Å². The monoisotopic (exact) mass is 478 g/mol. The maximum atomic E-state index is 5.82. The number of halogens is 1. The zero-order chi connectivity index (χ0) is 16.8. The normalized spacial score (nSPS) is 23.8. The minimum absolute atomic E-state index is 0. The Morgan fingerprint density at radius 2 is 2.32 bits per heavy atom.